The Morgan fingerprint density at radius 1 is 1.10 bits per heavy atom. The molecular formula is C21H20ClN5O2S. The summed E-state index contributed by atoms with van der Waals surface area (Å²) in [5.74, 6) is -0.338. The Balaban J connectivity index is 1.45. The third-order valence-corrected chi connectivity index (χ3v) is 6.20. The minimum Gasteiger partial charge on any atom is -0.320 e. The van der Waals surface area contributed by atoms with E-state index < -0.39 is 0 Å². The number of carbonyl (C=O) groups excluding carboxylic acids is 2. The standard InChI is InChI=1S/C21H20ClN5O2S/c1-13-5-2-3-6-16(13)24-21(29)27-12-4-7-17(27)19-25-26-20(30-19)18(28)23-15-10-8-14(22)9-11-15/h2-3,5-6,8-11,17H,4,7,12H2,1H3,(H,23,28)(H,24,29)/t17-/m0/s1. The van der Waals surface area contributed by atoms with E-state index in [1.165, 1.54) is 11.3 Å². The minimum absolute atomic E-state index is 0.172. The Hall–Kier alpha value is -2.97. The van der Waals surface area contributed by atoms with E-state index in [-0.39, 0.29) is 23.0 Å². The smallest absolute Gasteiger partial charge is 0.320 e. The molecule has 2 aromatic carbocycles. The molecule has 1 fully saturated rings. The van der Waals surface area contributed by atoms with Crippen LogP contribution in [0.1, 0.15) is 39.3 Å². The molecule has 4 rings (SSSR count). The lowest BCUT2D eigenvalue weighted by atomic mass is 10.2. The lowest BCUT2D eigenvalue weighted by molar-refractivity contribution is 0.102. The van der Waals surface area contributed by atoms with E-state index in [1.807, 2.05) is 31.2 Å². The van der Waals surface area contributed by atoms with Crippen LogP contribution < -0.4 is 10.6 Å². The highest BCUT2D eigenvalue weighted by molar-refractivity contribution is 7.13. The number of likely N-dealkylation sites (tertiary alicyclic amines) is 1. The molecule has 1 aliphatic rings. The number of hydrogen-bond donors (Lipinski definition) is 2. The molecular weight excluding hydrogens is 422 g/mol. The number of halogens is 1. The van der Waals surface area contributed by atoms with Crippen LogP contribution in [0.5, 0.6) is 0 Å². The molecule has 0 saturated carbocycles. The van der Waals surface area contributed by atoms with Gasteiger partial charge in [0.1, 0.15) is 5.01 Å². The Labute approximate surface area is 183 Å². The molecule has 1 atom stereocenters. The second-order valence-corrected chi connectivity index (χ2v) is 8.45. The fourth-order valence-corrected chi connectivity index (χ4v) is 4.36. The number of nitrogens with one attached hydrogen (secondary N) is 2. The summed E-state index contributed by atoms with van der Waals surface area (Å²) in [5, 5.41) is 15.5. The van der Waals surface area contributed by atoms with Gasteiger partial charge in [0.05, 0.1) is 6.04 Å². The van der Waals surface area contributed by atoms with Crippen LogP contribution in [0, 0.1) is 6.92 Å². The second kappa shape index (κ2) is 8.81. The van der Waals surface area contributed by atoms with E-state index >= 15 is 0 Å². The highest BCUT2D eigenvalue weighted by Gasteiger charge is 2.33. The second-order valence-electron chi connectivity index (χ2n) is 7.00. The number of benzene rings is 2. The summed E-state index contributed by atoms with van der Waals surface area (Å²) in [6.45, 7) is 2.58. The quantitative estimate of drug-likeness (QED) is 0.588. The first-order valence-electron chi connectivity index (χ1n) is 9.55. The van der Waals surface area contributed by atoms with Crippen molar-refractivity contribution in [1.82, 2.24) is 15.1 Å². The summed E-state index contributed by atoms with van der Waals surface area (Å²) in [7, 11) is 0. The third-order valence-electron chi connectivity index (χ3n) is 4.92. The molecule has 1 saturated heterocycles. The molecule has 0 spiro atoms. The van der Waals surface area contributed by atoms with E-state index in [2.05, 4.69) is 20.8 Å². The SMILES string of the molecule is Cc1ccccc1NC(=O)N1CCC[C@H]1c1nnc(C(=O)Nc2ccc(Cl)cc2)s1. The minimum atomic E-state index is -0.338. The molecule has 0 radical (unpaired) electrons. The van der Waals surface area contributed by atoms with Crippen molar-refractivity contribution < 1.29 is 9.59 Å². The summed E-state index contributed by atoms with van der Waals surface area (Å²) >= 11 is 7.08. The van der Waals surface area contributed by atoms with Crippen molar-refractivity contribution in [2.24, 2.45) is 0 Å². The van der Waals surface area contributed by atoms with Crippen molar-refractivity contribution in [2.45, 2.75) is 25.8 Å². The molecule has 1 aromatic heterocycles. The summed E-state index contributed by atoms with van der Waals surface area (Å²) in [6, 6.07) is 14.1. The van der Waals surface area contributed by atoms with E-state index in [4.69, 9.17) is 11.6 Å². The zero-order valence-corrected chi connectivity index (χ0v) is 17.8. The van der Waals surface area contributed by atoms with Gasteiger partial charge in [-0.1, -0.05) is 41.1 Å². The number of carbonyl (C=O) groups is 2. The van der Waals surface area contributed by atoms with Crippen molar-refractivity contribution in [2.75, 3.05) is 17.2 Å². The topological polar surface area (TPSA) is 87.2 Å². The first-order valence-corrected chi connectivity index (χ1v) is 10.7. The van der Waals surface area contributed by atoms with Crippen LogP contribution in [0.3, 0.4) is 0 Å². The molecule has 2 heterocycles. The number of urea groups is 1. The molecule has 2 N–H and O–H groups in total. The van der Waals surface area contributed by atoms with Gasteiger partial charge in [0, 0.05) is 22.9 Å². The largest absolute Gasteiger partial charge is 0.322 e. The number of anilines is 2. The zero-order valence-electron chi connectivity index (χ0n) is 16.3. The van der Waals surface area contributed by atoms with Crippen molar-refractivity contribution in [3.05, 3.63) is 69.1 Å². The normalized spacial score (nSPS) is 15.8. The molecule has 154 valence electrons. The fraction of sp³-hybridized carbons (Fsp3) is 0.238. The van der Waals surface area contributed by atoms with Crippen molar-refractivity contribution in [1.29, 1.82) is 0 Å². The molecule has 9 heteroatoms. The van der Waals surface area contributed by atoms with Gasteiger partial charge in [-0.15, -0.1) is 10.2 Å². The molecule has 30 heavy (non-hydrogen) atoms. The highest BCUT2D eigenvalue weighted by atomic mass is 35.5. The number of rotatable bonds is 4. The van der Waals surface area contributed by atoms with Gasteiger partial charge in [0.2, 0.25) is 5.01 Å². The van der Waals surface area contributed by atoms with Gasteiger partial charge < -0.3 is 15.5 Å². The average Bonchev–Trinajstić information content (AvgIpc) is 3.40. The van der Waals surface area contributed by atoms with E-state index in [9.17, 15) is 9.59 Å². The maximum Gasteiger partial charge on any atom is 0.322 e. The predicted octanol–water partition coefficient (Wildman–Crippen LogP) is 5.12. The van der Waals surface area contributed by atoms with Gasteiger partial charge in [-0.3, -0.25) is 4.79 Å². The van der Waals surface area contributed by atoms with E-state index in [1.54, 1.807) is 29.2 Å². The van der Waals surface area contributed by atoms with Gasteiger partial charge in [0.15, 0.2) is 0 Å². The lowest BCUT2D eigenvalue weighted by Crippen LogP contribution is -2.34. The van der Waals surface area contributed by atoms with Gasteiger partial charge in [-0.2, -0.15) is 0 Å². The molecule has 0 unspecified atom stereocenters. The first kappa shape index (κ1) is 20.3. The summed E-state index contributed by atoms with van der Waals surface area (Å²) in [6.07, 6.45) is 1.66. The maximum absolute atomic E-state index is 12.8. The van der Waals surface area contributed by atoms with Crippen LogP contribution in [0.25, 0.3) is 0 Å². The maximum atomic E-state index is 12.8. The van der Waals surface area contributed by atoms with Gasteiger partial charge in [0.25, 0.3) is 5.91 Å². The number of para-hydroxylation sites is 1. The van der Waals surface area contributed by atoms with Crippen LogP contribution in [-0.2, 0) is 0 Å². The first-order chi connectivity index (χ1) is 14.5. The Morgan fingerprint density at radius 2 is 1.87 bits per heavy atom. The van der Waals surface area contributed by atoms with E-state index in [0.29, 0.717) is 22.3 Å². The highest BCUT2D eigenvalue weighted by Crippen LogP contribution is 2.34. The molecule has 3 aromatic rings. The van der Waals surface area contributed by atoms with Crippen molar-refractivity contribution >= 4 is 46.3 Å². The average molecular weight is 442 g/mol. The van der Waals surface area contributed by atoms with Crippen LogP contribution in [0.15, 0.2) is 48.5 Å². The number of amides is 3. The van der Waals surface area contributed by atoms with Gasteiger partial charge in [-0.25, -0.2) is 4.79 Å². The molecule has 0 bridgehead atoms. The summed E-state index contributed by atoms with van der Waals surface area (Å²) in [4.78, 5) is 27.1. The number of aromatic nitrogens is 2. The lowest BCUT2D eigenvalue weighted by Gasteiger charge is -2.23. The van der Waals surface area contributed by atoms with Crippen LogP contribution >= 0.6 is 22.9 Å². The van der Waals surface area contributed by atoms with Crippen LogP contribution in [0.4, 0.5) is 16.2 Å². The van der Waals surface area contributed by atoms with Crippen molar-refractivity contribution in [3.8, 4) is 0 Å². The molecule has 1 aliphatic heterocycles. The number of hydrogen-bond acceptors (Lipinski definition) is 5. The Kier molecular flexibility index (Phi) is 5.96. The van der Waals surface area contributed by atoms with Gasteiger partial charge >= 0.3 is 6.03 Å². The van der Waals surface area contributed by atoms with E-state index in [0.717, 1.165) is 24.1 Å². The van der Waals surface area contributed by atoms with Crippen LogP contribution in [0.2, 0.25) is 5.02 Å². The third kappa shape index (κ3) is 4.44. The van der Waals surface area contributed by atoms with Crippen molar-refractivity contribution in [3.63, 3.8) is 0 Å². The summed E-state index contributed by atoms with van der Waals surface area (Å²) in [5.41, 5.74) is 2.41. The molecule has 7 nitrogen and oxygen atoms in total. The molecule has 3 amide bonds. The van der Waals surface area contributed by atoms with Gasteiger partial charge in [-0.05, 0) is 55.7 Å². The Bertz CT molecular complexity index is 1070. The van der Waals surface area contributed by atoms with Crippen LogP contribution in [-0.4, -0.2) is 33.6 Å². The molecule has 0 aliphatic carbocycles. The predicted molar refractivity (Wildman–Crippen MR) is 118 cm³/mol. The Morgan fingerprint density at radius 3 is 2.63 bits per heavy atom. The number of aryl methyl sites for hydroxylation is 1. The monoisotopic (exact) mass is 441 g/mol. The zero-order chi connectivity index (χ0) is 21.1. The fourth-order valence-electron chi connectivity index (χ4n) is 3.35. The number of nitrogens with zero attached hydrogens (tertiary/aromatic N) is 3. The summed E-state index contributed by atoms with van der Waals surface area (Å²) < 4.78 is 0.